The van der Waals surface area contributed by atoms with E-state index in [1.807, 2.05) is 55.4 Å². The number of aliphatic carboxylic acids is 2. The minimum absolute atomic E-state index is 0. The van der Waals surface area contributed by atoms with Crippen molar-refractivity contribution < 1.29 is 19.8 Å². The number of hydrogen-bond donors (Lipinski definition) is 0. The summed E-state index contributed by atoms with van der Waals surface area (Å²) < 4.78 is 0. The molecular weight excluding hydrogens is 473 g/mol. The fourth-order valence-corrected chi connectivity index (χ4v) is 4.44. The van der Waals surface area contributed by atoms with Crippen molar-refractivity contribution in [1.29, 1.82) is 0 Å². The number of carbonyl (C=O) groups excluding carboxylic acids is 2. The molecule has 0 saturated carbocycles. The molecule has 5 heteroatoms. The van der Waals surface area contributed by atoms with Crippen molar-refractivity contribution in [3.63, 3.8) is 0 Å². The van der Waals surface area contributed by atoms with Crippen molar-refractivity contribution in [3.8, 4) is 0 Å². The van der Waals surface area contributed by atoms with Crippen molar-refractivity contribution in [2.24, 2.45) is 21.7 Å². The van der Waals surface area contributed by atoms with Crippen LogP contribution in [0.15, 0.2) is 0 Å². The molecule has 0 aromatic carbocycles. The van der Waals surface area contributed by atoms with Gasteiger partial charge in [0.05, 0.1) is 0 Å². The van der Waals surface area contributed by atoms with E-state index in [0.29, 0.717) is 0 Å². The van der Waals surface area contributed by atoms with Crippen LogP contribution in [0.1, 0.15) is 172 Å². The largest absolute Gasteiger partial charge is 2.00 e. The van der Waals surface area contributed by atoms with Gasteiger partial charge in [-0.3, -0.25) is 0 Å². The normalized spacial score (nSPS) is 15.0. The zero-order valence-corrected chi connectivity index (χ0v) is 28.1. The van der Waals surface area contributed by atoms with Crippen LogP contribution in [-0.2, 0) is 9.59 Å². The standard InChI is InChI=1S/2C16H32O2.Mg/c2*1-6-7-8-9-10-11-12-13-16(5,14(17)18)15(2,3)4;/h2*6-13H2,1-5H3,(H,17,18);/q;;+2/p-2. The maximum absolute atomic E-state index is 11.4. The van der Waals surface area contributed by atoms with E-state index in [1.54, 1.807) is 0 Å². The van der Waals surface area contributed by atoms with Gasteiger partial charge < -0.3 is 19.8 Å². The molecule has 2 unspecified atom stereocenters. The first kappa shape index (κ1) is 41.2. The second-order valence-electron chi connectivity index (χ2n) is 13.5. The molecule has 0 spiro atoms. The summed E-state index contributed by atoms with van der Waals surface area (Å²) in [5.74, 6) is -1.80. The zero-order valence-electron chi connectivity index (χ0n) is 26.7. The molecule has 0 saturated heterocycles. The third kappa shape index (κ3) is 16.4. The number of carboxylic acid groups (broad SMARTS) is 2. The minimum atomic E-state index is -0.902. The molecule has 0 aliphatic rings. The molecule has 0 bridgehead atoms. The molecule has 37 heavy (non-hydrogen) atoms. The van der Waals surface area contributed by atoms with E-state index in [1.165, 1.54) is 64.2 Å². The summed E-state index contributed by atoms with van der Waals surface area (Å²) >= 11 is 0. The first-order valence-corrected chi connectivity index (χ1v) is 14.9. The summed E-state index contributed by atoms with van der Waals surface area (Å²) in [6.07, 6.45) is 18.6. The van der Waals surface area contributed by atoms with Gasteiger partial charge in [0.25, 0.3) is 0 Å². The number of hydrogen-bond acceptors (Lipinski definition) is 4. The van der Waals surface area contributed by atoms with Crippen molar-refractivity contribution in [1.82, 2.24) is 0 Å². The third-order valence-corrected chi connectivity index (χ3v) is 8.77. The number of unbranched alkanes of at least 4 members (excludes halogenated alkanes) is 12. The molecular formula is C32H62MgO4. The van der Waals surface area contributed by atoms with E-state index in [-0.39, 0.29) is 33.9 Å². The van der Waals surface area contributed by atoms with Gasteiger partial charge in [-0.1, -0.05) is 159 Å². The topological polar surface area (TPSA) is 80.3 Å². The fraction of sp³-hybridized carbons (Fsp3) is 0.938. The summed E-state index contributed by atoms with van der Waals surface area (Å²) in [5, 5.41) is 22.7. The summed E-state index contributed by atoms with van der Waals surface area (Å²) in [7, 11) is 0. The molecule has 0 heterocycles. The van der Waals surface area contributed by atoms with Gasteiger partial charge in [0.2, 0.25) is 0 Å². The molecule has 0 amide bonds. The van der Waals surface area contributed by atoms with Gasteiger partial charge >= 0.3 is 23.1 Å². The van der Waals surface area contributed by atoms with Crippen LogP contribution in [0.5, 0.6) is 0 Å². The average Bonchev–Trinajstić information content (AvgIpc) is 2.76. The van der Waals surface area contributed by atoms with Crippen LogP contribution in [0.25, 0.3) is 0 Å². The zero-order chi connectivity index (χ0) is 28.5. The SMILES string of the molecule is CCCCCCCCCC(C)(C(=O)[O-])C(C)(C)C.CCCCCCCCCC(C)(C(=O)[O-])C(C)(C)C.[Mg+2]. The summed E-state index contributed by atoms with van der Waals surface area (Å²) in [6, 6.07) is 0. The van der Waals surface area contributed by atoms with Gasteiger partial charge in [-0.25, -0.2) is 0 Å². The van der Waals surface area contributed by atoms with E-state index in [0.717, 1.165) is 38.5 Å². The van der Waals surface area contributed by atoms with Gasteiger partial charge in [-0.2, -0.15) is 0 Å². The van der Waals surface area contributed by atoms with Gasteiger partial charge in [0.15, 0.2) is 0 Å². The van der Waals surface area contributed by atoms with Crippen LogP contribution < -0.4 is 10.2 Å². The molecule has 0 rings (SSSR count). The van der Waals surface area contributed by atoms with E-state index in [9.17, 15) is 19.8 Å². The Bertz CT molecular complexity index is 539. The Morgan fingerprint density at radius 2 is 0.676 bits per heavy atom. The van der Waals surface area contributed by atoms with Gasteiger partial charge in [0.1, 0.15) is 0 Å². The first-order chi connectivity index (χ1) is 16.5. The Morgan fingerprint density at radius 3 is 0.865 bits per heavy atom. The molecule has 0 aliphatic carbocycles. The molecule has 0 fully saturated rings. The van der Waals surface area contributed by atoms with E-state index in [2.05, 4.69) is 13.8 Å². The number of rotatable bonds is 18. The van der Waals surface area contributed by atoms with Gasteiger partial charge in [-0.15, -0.1) is 0 Å². The molecule has 0 aromatic heterocycles. The Hall–Kier alpha value is -0.294. The van der Waals surface area contributed by atoms with Crippen LogP contribution >= 0.6 is 0 Å². The summed E-state index contributed by atoms with van der Waals surface area (Å²) in [6.45, 7) is 20.0. The average molecular weight is 535 g/mol. The molecule has 0 N–H and O–H groups in total. The maximum Gasteiger partial charge on any atom is 2.00 e. The quantitative estimate of drug-likeness (QED) is 0.135. The van der Waals surface area contributed by atoms with E-state index < -0.39 is 22.8 Å². The first-order valence-electron chi connectivity index (χ1n) is 14.9. The van der Waals surface area contributed by atoms with Crippen molar-refractivity contribution in [2.45, 2.75) is 172 Å². The monoisotopic (exact) mass is 534 g/mol. The van der Waals surface area contributed by atoms with Crippen LogP contribution in [0.4, 0.5) is 0 Å². The van der Waals surface area contributed by atoms with Crippen LogP contribution in [0, 0.1) is 21.7 Å². The van der Waals surface area contributed by atoms with Gasteiger partial charge in [0, 0.05) is 22.8 Å². The van der Waals surface area contributed by atoms with E-state index >= 15 is 0 Å². The van der Waals surface area contributed by atoms with E-state index in [4.69, 9.17) is 0 Å². The summed E-state index contributed by atoms with van der Waals surface area (Å²) in [5.41, 5.74) is -1.91. The molecule has 0 aliphatic heterocycles. The Kier molecular flexibility index (Phi) is 22.9. The number of carboxylic acids is 2. The summed E-state index contributed by atoms with van der Waals surface area (Å²) in [4.78, 5) is 22.7. The molecule has 2 atom stereocenters. The maximum atomic E-state index is 11.4. The van der Waals surface area contributed by atoms with Crippen LogP contribution in [0.2, 0.25) is 0 Å². The Labute approximate surface area is 247 Å². The fourth-order valence-electron chi connectivity index (χ4n) is 4.44. The van der Waals surface area contributed by atoms with Crippen molar-refractivity contribution >= 4 is 35.0 Å². The van der Waals surface area contributed by atoms with Crippen molar-refractivity contribution in [2.75, 3.05) is 0 Å². The number of carbonyl (C=O) groups is 2. The van der Waals surface area contributed by atoms with Crippen LogP contribution in [-0.4, -0.2) is 35.0 Å². The van der Waals surface area contributed by atoms with Gasteiger partial charge in [-0.05, 0) is 23.7 Å². The molecule has 0 aromatic rings. The minimum Gasteiger partial charge on any atom is -0.550 e. The molecule has 216 valence electrons. The smallest absolute Gasteiger partial charge is 0.550 e. The van der Waals surface area contributed by atoms with Crippen molar-refractivity contribution in [3.05, 3.63) is 0 Å². The third-order valence-electron chi connectivity index (χ3n) is 8.77. The second-order valence-corrected chi connectivity index (χ2v) is 13.5. The predicted octanol–water partition coefficient (Wildman–Crippen LogP) is 7.48. The predicted molar refractivity (Wildman–Crippen MR) is 156 cm³/mol. The molecule has 0 radical (unpaired) electrons. The second kappa shape index (κ2) is 20.6. The van der Waals surface area contributed by atoms with Crippen LogP contribution in [0.3, 0.4) is 0 Å². The molecule has 4 nitrogen and oxygen atoms in total. The Balaban J connectivity index is -0.000000608. The Morgan fingerprint density at radius 1 is 0.459 bits per heavy atom.